The van der Waals surface area contributed by atoms with Gasteiger partial charge in [0.15, 0.2) is 22.3 Å². The minimum Gasteiger partial charge on any atom is -0.454 e. The number of hydrogen-bond acceptors (Lipinski definition) is 7. The van der Waals surface area contributed by atoms with Gasteiger partial charge < -0.3 is 19.6 Å². The third kappa shape index (κ3) is 4.14. The number of nitrogens with one attached hydrogen (secondary N) is 2. The summed E-state index contributed by atoms with van der Waals surface area (Å²) in [7, 11) is 0. The van der Waals surface area contributed by atoms with Crippen LogP contribution in [0.4, 0.5) is 5.13 Å². The first-order valence-electron chi connectivity index (χ1n) is 9.70. The Morgan fingerprint density at radius 3 is 2.62 bits per heavy atom. The summed E-state index contributed by atoms with van der Waals surface area (Å²) >= 11 is 1.27. The molecule has 0 saturated heterocycles. The number of rotatable bonds is 6. The van der Waals surface area contributed by atoms with E-state index in [1.165, 1.54) is 17.4 Å². The maximum atomic E-state index is 12.3. The van der Waals surface area contributed by atoms with E-state index in [1.54, 1.807) is 5.38 Å². The van der Waals surface area contributed by atoms with Gasteiger partial charge in [-0.3, -0.25) is 9.59 Å². The van der Waals surface area contributed by atoms with Crippen molar-refractivity contribution in [3.63, 3.8) is 0 Å². The molecule has 2 amide bonds. The van der Waals surface area contributed by atoms with Crippen molar-refractivity contribution in [1.82, 2.24) is 15.5 Å². The van der Waals surface area contributed by atoms with Crippen LogP contribution in [0.1, 0.15) is 10.5 Å². The zero-order valence-electron chi connectivity index (χ0n) is 16.6. The molecule has 158 valence electrons. The first-order chi connectivity index (χ1) is 15.7. The number of benzene rings is 2. The van der Waals surface area contributed by atoms with Gasteiger partial charge in [0.2, 0.25) is 5.91 Å². The Balaban J connectivity index is 1.18. The highest BCUT2D eigenvalue weighted by atomic mass is 32.1. The summed E-state index contributed by atoms with van der Waals surface area (Å²) in [5, 5.41) is 12.2. The molecule has 5 aromatic rings. The van der Waals surface area contributed by atoms with Crippen LogP contribution in [-0.2, 0) is 4.79 Å². The van der Waals surface area contributed by atoms with Gasteiger partial charge in [0.1, 0.15) is 11.3 Å². The van der Waals surface area contributed by atoms with E-state index in [9.17, 15) is 9.59 Å². The van der Waals surface area contributed by atoms with Crippen LogP contribution in [0.3, 0.4) is 0 Å². The van der Waals surface area contributed by atoms with E-state index < -0.39 is 11.8 Å². The van der Waals surface area contributed by atoms with Gasteiger partial charge in [0.25, 0.3) is 5.91 Å². The van der Waals surface area contributed by atoms with Crippen LogP contribution in [0.5, 0.6) is 0 Å². The standard InChI is InChI=1S/C23H16N4O4S/c28-21(12-24-22(29)16-11-19(31-27-16)14-6-2-1-3-7-14)26-23-25-17(13-32-23)20-10-15-8-4-5-9-18(15)30-20/h1-11,13H,12H2,(H,24,29)(H,25,26,28). The lowest BCUT2D eigenvalue weighted by Crippen LogP contribution is -2.33. The molecule has 0 saturated carbocycles. The molecule has 0 aliphatic heterocycles. The lowest BCUT2D eigenvalue weighted by Gasteiger charge is -2.02. The summed E-state index contributed by atoms with van der Waals surface area (Å²) in [5.74, 6) is 0.182. The molecule has 32 heavy (non-hydrogen) atoms. The van der Waals surface area contributed by atoms with Gasteiger partial charge in [-0.2, -0.15) is 0 Å². The van der Waals surface area contributed by atoms with Crippen molar-refractivity contribution < 1.29 is 18.5 Å². The fraction of sp³-hybridized carbons (Fsp3) is 0.0435. The Kier molecular flexibility index (Phi) is 5.22. The molecule has 0 fully saturated rings. The molecule has 2 aromatic carbocycles. The number of aromatic nitrogens is 2. The number of amides is 2. The highest BCUT2D eigenvalue weighted by molar-refractivity contribution is 7.14. The summed E-state index contributed by atoms with van der Waals surface area (Å²) < 4.78 is 11.0. The second-order valence-electron chi connectivity index (χ2n) is 6.86. The number of carbonyl (C=O) groups is 2. The van der Waals surface area contributed by atoms with E-state index >= 15 is 0 Å². The van der Waals surface area contributed by atoms with E-state index in [0.717, 1.165) is 16.5 Å². The molecule has 0 radical (unpaired) electrons. The number of thiazole rings is 1. The highest BCUT2D eigenvalue weighted by Gasteiger charge is 2.16. The van der Waals surface area contributed by atoms with Crippen molar-refractivity contribution >= 4 is 39.3 Å². The minimum absolute atomic E-state index is 0.0954. The van der Waals surface area contributed by atoms with Gasteiger partial charge in [0.05, 0.1) is 6.54 Å². The molecule has 0 bridgehead atoms. The molecule has 3 aromatic heterocycles. The lowest BCUT2D eigenvalue weighted by atomic mass is 10.1. The van der Waals surface area contributed by atoms with Crippen LogP contribution >= 0.6 is 11.3 Å². The molecule has 0 aliphatic carbocycles. The Bertz CT molecular complexity index is 1370. The molecule has 0 unspecified atom stereocenters. The average molecular weight is 444 g/mol. The monoisotopic (exact) mass is 444 g/mol. The number of furan rings is 1. The largest absolute Gasteiger partial charge is 0.454 e. The molecule has 0 atom stereocenters. The quantitative estimate of drug-likeness (QED) is 0.397. The number of para-hydroxylation sites is 1. The Morgan fingerprint density at radius 1 is 0.969 bits per heavy atom. The van der Waals surface area contributed by atoms with E-state index in [1.807, 2.05) is 60.7 Å². The predicted molar refractivity (Wildman–Crippen MR) is 120 cm³/mol. The molecule has 2 N–H and O–H groups in total. The van der Waals surface area contributed by atoms with Crippen LogP contribution in [0, 0.1) is 0 Å². The van der Waals surface area contributed by atoms with Crippen molar-refractivity contribution in [3.8, 4) is 22.8 Å². The minimum atomic E-state index is -0.506. The summed E-state index contributed by atoms with van der Waals surface area (Å²) in [5.41, 5.74) is 2.30. The van der Waals surface area contributed by atoms with Crippen LogP contribution in [0.25, 0.3) is 33.7 Å². The number of anilines is 1. The van der Waals surface area contributed by atoms with E-state index in [0.29, 0.717) is 22.3 Å². The van der Waals surface area contributed by atoms with Gasteiger partial charge in [-0.05, 0) is 12.1 Å². The zero-order chi connectivity index (χ0) is 21.9. The van der Waals surface area contributed by atoms with E-state index in [4.69, 9.17) is 8.94 Å². The second kappa shape index (κ2) is 8.48. The zero-order valence-corrected chi connectivity index (χ0v) is 17.4. The SMILES string of the molecule is O=C(CNC(=O)c1cc(-c2ccccc2)on1)Nc1nc(-c2cc3ccccc3o2)cs1. The molecule has 3 heterocycles. The molecule has 9 heteroatoms. The predicted octanol–water partition coefficient (Wildman–Crippen LogP) is 4.58. The maximum absolute atomic E-state index is 12.3. The lowest BCUT2D eigenvalue weighted by molar-refractivity contribution is -0.115. The summed E-state index contributed by atoms with van der Waals surface area (Å²) in [6.07, 6.45) is 0. The number of nitrogens with zero attached hydrogens (tertiary/aromatic N) is 2. The topological polar surface area (TPSA) is 110 Å². The van der Waals surface area contributed by atoms with Gasteiger partial charge in [-0.25, -0.2) is 4.98 Å². The smallest absolute Gasteiger partial charge is 0.273 e. The van der Waals surface area contributed by atoms with E-state index in [-0.39, 0.29) is 12.2 Å². The maximum Gasteiger partial charge on any atom is 0.273 e. The van der Waals surface area contributed by atoms with Gasteiger partial charge in [0, 0.05) is 22.4 Å². The first kappa shape index (κ1) is 19.7. The third-order valence-corrected chi connectivity index (χ3v) is 5.40. The summed E-state index contributed by atoms with van der Waals surface area (Å²) in [6.45, 7) is -0.230. The molecule has 8 nitrogen and oxygen atoms in total. The van der Waals surface area contributed by atoms with Crippen molar-refractivity contribution in [2.75, 3.05) is 11.9 Å². The first-order valence-corrected chi connectivity index (χ1v) is 10.6. The third-order valence-electron chi connectivity index (χ3n) is 4.64. The van der Waals surface area contributed by atoms with Crippen molar-refractivity contribution in [1.29, 1.82) is 0 Å². The molecular weight excluding hydrogens is 428 g/mol. The summed E-state index contributed by atoms with van der Waals surface area (Å²) in [4.78, 5) is 28.9. The Hall–Kier alpha value is -4.24. The van der Waals surface area contributed by atoms with Gasteiger partial charge in [-0.15, -0.1) is 11.3 Å². The number of fused-ring (bicyclic) bond motifs is 1. The second-order valence-corrected chi connectivity index (χ2v) is 7.72. The molecular formula is C23H16N4O4S. The number of hydrogen-bond donors (Lipinski definition) is 2. The average Bonchev–Trinajstić information content (AvgIpc) is 3.57. The Morgan fingerprint density at radius 2 is 1.78 bits per heavy atom. The number of carbonyl (C=O) groups excluding carboxylic acids is 2. The highest BCUT2D eigenvalue weighted by Crippen LogP contribution is 2.30. The molecule has 0 spiro atoms. The summed E-state index contributed by atoms with van der Waals surface area (Å²) in [6, 6.07) is 20.4. The fourth-order valence-electron chi connectivity index (χ4n) is 3.09. The van der Waals surface area contributed by atoms with Crippen LogP contribution in [0.2, 0.25) is 0 Å². The van der Waals surface area contributed by atoms with Gasteiger partial charge in [-0.1, -0.05) is 53.7 Å². The molecule has 0 aliphatic rings. The molecule has 5 rings (SSSR count). The van der Waals surface area contributed by atoms with Crippen molar-refractivity contribution in [3.05, 3.63) is 77.8 Å². The van der Waals surface area contributed by atoms with Crippen LogP contribution in [-0.4, -0.2) is 28.5 Å². The van der Waals surface area contributed by atoms with Crippen molar-refractivity contribution in [2.45, 2.75) is 0 Å². The van der Waals surface area contributed by atoms with Crippen molar-refractivity contribution in [2.24, 2.45) is 0 Å². The fourth-order valence-corrected chi connectivity index (χ4v) is 3.80. The van der Waals surface area contributed by atoms with Crippen LogP contribution < -0.4 is 10.6 Å². The van der Waals surface area contributed by atoms with E-state index in [2.05, 4.69) is 20.8 Å². The normalized spacial score (nSPS) is 10.9. The Labute approximate surface area is 185 Å². The van der Waals surface area contributed by atoms with Crippen LogP contribution in [0.15, 0.2) is 81.1 Å². The van der Waals surface area contributed by atoms with Gasteiger partial charge >= 0.3 is 0 Å².